The molecule has 0 bridgehead atoms. The molecular weight excluding hydrogens is 439 g/mol. The van der Waals surface area contributed by atoms with Crippen molar-refractivity contribution in [2.45, 2.75) is 31.9 Å². The quantitative estimate of drug-likeness (QED) is 0.443. The lowest BCUT2D eigenvalue weighted by atomic mass is 10.1. The molecule has 5 rings (SSSR count). The Hall–Kier alpha value is -2.76. The Balaban J connectivity index is 0.00000259. The first-order valence-corrected chi connectivity index (χ1v) is 11.4. The van der Waals surface area contributed by atoms with Gasteiger partial charge in [-0.2, -0.15) is 0 Å². The Bertz CT molecular complexity index is 1080. The number of methoxy groups -OCH3 is 1. The van der Waals surface area contributed by atoms with Crippen LogP contribution in [0.4, 0.5) is 15.8 Å². The molecule has 174 valence electrons. The van der Waals surface area contributed by atoms with Crippen LogP contribution in [0.15, 0.2) is 66.7 Å². The third-order valence-corrected chi connectivity index (χ3v) is 6.62. The van der Waals surface area contributed by atoms with E-state index in [-0.39, 0.29) is 18.2 Å². The molecule has 2 aliphatic heterocycles. The molecule has 0 saturated carbocycles. The number of hydrogen-bond acceptors (Lipinski definition) is 4. The highest BCUT2D eigenvalue weighted by Gasteiger charge is 2.30. The van der Waals surface area contributed by atoms with Gasteiger partial charge in [-0.15, -0.1) is 12.4 Å². The van der Waals surface area contributed by atoms with Crippen LogP contribution in [-0.4, -0.2) is 37.7 Å². The Morgan fingerprint density at radius 1 is 1.03 bits per heavy atom. The first-order chi connectivity index (χ1) is 15.7. The van der Waals surface area contributed by atoms with Gasteiger partial charge in [-0.25, -0.2) is 4.39 Å². The summed E-state index contributed by atoms with van der Waals surface area (Å²) < 4.78 is 25.2. The largest absolute Gasteiger partial charge is 0.497 e. The molecular formula is C27H30ClFN2O2. The number of halogens is 2. The second-order valence-electron chi connectivity index (χ2n) is 8.57. The minimum Gasteiger partial charge on any atom is -0.497 e. The maximum atomic E-state index is 13.9. The van der Waals surface area contributed by atoms with Crippen molar-refractivity contribution in [3.63, 3.8) is 0 Å². The number of nitrogens with zero attached hydrogens (tertiary/aromatic N) is 2. The molecule has 3 aromatic carbocycles. The zero-order valence-corrected chi connectivity index (χ0v) is 19.7. The van der Waals surface area contributed by atoms with Gasteiger partial charge in [0.05, 0.1) is 12.8 Å². The molecule has 0 unspecified atom stereocenters. The van der Waals surface area contributed by atoms with Crippen LogP contribution in [-0.2, 0) is 13.0 Å². The van der Waals surface area contributed by atoms with E-state index in [1.165, 1.54) is 30.5 Å². The van der Waals surface area contributed by atoms with Gasteiger partial charge in [-0.3, -0.25) is 4.90 Å². The summed E-state index contributed by atoms with van der Waals surface area (Å²) in [6.45, 7) is 3.46. The fourth-order valence-electron chi connectivity index (χ4n) is 4.88. The van der Waals surface area contributed by atoms with Crippen molar-refractivity contribution in [1.29, 1.82) is 0 Å². The van der Waals surface area contributed by atoms with Crippen molar-refractivity contribution in [3.05, 3.63) is 83.7 Å². The van der Waals surface area contributed by atoms with Crippen LogP contribution in [0.5, 0.6) is 11.5 Å². The van der Waals surface area contributed by atoms with E-state index in [9.17, 15) is 4.39 Å². The molecule has 0 aliphatic carbocycles. The van der Waals surface area contributed by atoms with Crippen molar-refractivity contribution in [2.24, 2.45) is 0 Å². The van der Waals surface area contributed by atoms with Gasteiger partial charge < -0.3 is 14.4 Å². The molecule has 0 radical (unpaired) electrons. The average molecular weight is 469 g/mol. The molecule has 1 saturated heterocycles. The lowest BCUT2D eigenvalue weighted by molar-refractivity contribution is 0.261. The normalized spacial score (nSPS) is 17.4. The van der Waals surface area contributed by atoms with Crippen molar-refractivity contribution in [2.75, 3.05) is 31.6 Å². The number of para-hydroxylation sites is 1. The van der Waals surface area contributed by atoms with Crippen LogP contribution in [0, 0.1) is 5.82 Å². The van der Waals surface area contributed by atoms with Gasteiger partial charge in [-0.05, 0) is 61.7 Å². The van der Waals surface area contributed by atoms with Gasteiger partial charge >= 0.3 is 0 Å². The van der Waals surface area contributed by atoms with Gasteiger partial charge in [0, 0.05) is 36.4 Å². The summed E-state index contributed by atoms with van der Waals surface area (Å²) in [6.07, 6.45) is 3.39. The van der Waals surface area contributed by atoms with Gasteiger partial charge in [-0.1, -0.05) is 30.3 Å². The van der Waals surface area contributed by atoms with E-state index in [2.05, 4.69) is 40.1 Å². The van der Waals surface area contributed by atoms with Crippen LogP contribution in [0.25, 0.3) is 0 Å². The van der Waals surface area contributed by atoms with Crippen molar-refractivity contribution < 1.29 is 13.9 Å². The maximum absolute atomic E-state index is 13.9. The molecule has 1 fully saturated rings. The molecule has 33 heavy (non-hydrogen) atoms. The summed E-state index contributed by atoms with van der Waals surface area (Å²) in [6, 6.07) is 22.0. The van der Waals surface area contributed by atoms with Crippen molar-refractivity contribution in [1.82, 2.24) is 4.90 Å². The average Bonchev–Trinajstić information content (AvgIpc) is 3.21. The van der Waals surface area contributed by atoms with E-state index in [1.807, 2.05) is 24.3 Å². The van der Waals surface area contributed by atoms with Crippen molar-refractivity contribution in [3.8, 4) is 11.5 Å². The Morgan fingerprint density at radius 2 is 1.85 bits per heavy atom. The van der Waals surface area contributed by atoms with Gasteiger partial charge in [0.2, 0.25) is 0 Å². The predicted molar refractivity (Wildman–Crippen MR) is 133 cm³/mol. The molecule has 0 N–H and O–H groups in total. The highest BCUT2D eigenvalue weighted by atomic mass is 35.5. The Morgan fingerprint density at radius 3 is 2.67 bits per heavy atom. The summed E-state index contributed by atoms with van der Waals surface area (Å²) in [5.41, 5.74) is 4.55. The second-order valence-corrected chi connectivity index (χ2v) is 8.57. The van der Waals surface area contributed by atoms with Gasteiger partial charge in [0.1, 0.15) is 23.9 Å². The fraction of sp³-hybridized carbons (Fsp3) is 0.333. The fourth-order valence-corrected chi connectivity index (χ4v) is 4.88. The zero-order chi connectivity index (χ0) is 21.9. The minimum absolute atomic E-state index is 0. The Labute approximate surface area is 201 Å². The molecule has 3 aromatic rings. The van der Waals surface area contributed by atoms with Crippen LogP contribution >= 0.6 is 12.4 Å². The van der Waals surface area contributed by atoms with E-state index < -0.39 is 0 Å². The zero-order valence-electron chi connectivity index (χ0n) is 18.9. The van der Waals surface area contributed by atoms with Crippen LogP contribution < -0.4 is 14.4 Å². The Kier molecular flexibility index (Phi) is 7.41. The standard InChI is InChI=1S/C27H29FN2O2.ClH/c1-31-24-11-8-20(9-12-24)14-16-29-15-4-6-23(29)18-30-25-7-3-2-5-21(25)19-32-27-17-22(28)10-13-26(27)30;/h2-3,5,7-13,17,23H,4,6,14-16,18-19H2,1H3;1H/t23-;/m1./s1. The first kappa shape index (κ1) is 23.4. The first-order valence-electron chi connectivity index (χ1n) is 11.4. The number of likely N-dealkylation sites (tertiary alicyclic amines) is 1. The molecule has 4 nitrogen and oxygen atoms in total. The van der Waals surface area contributed by atoms with Gasteiger partial charge in [0.25, 0.3) is 0 Å². The van der Waals surface area contributed by atoms with Crippen molar-refractivity contribution >= 4 is 23.8 Å². The maximum Gasteiger partial charge on any atom is 0.146 e. The molecule has 2 aliphatic rings. The summed E-state index contributed by atoms with van der Waals surface area (Å²) in [4.78, 5) is 4.93. The highest BCUT2D eigenvalue weighted by Crippen LogP contribution is 2.40. The number of ether oxygens (including phenoxy) is 2. The van der Waals surface area contributed by atoms with E-state index in [0.29, 0.717) is 18.4 Å². The third kappa shape index (κ3) is 5.10. The number of anilines is 2. The van der Waals surface area contributed by atoms with Crippen LogP contribution in [0.1, 0.15) is 24.0 Å². The van der Waals surface area contributed by atoms with E-state index in [4.69, 9.17) is 9.47 Å². The smallest absolute Gasteiger partial charge is 0.146 e. The van der Waals surface area contributed by atoms with E-state index in [0.717, 1.165) is 48.7 Å². The summed E-state index contributed by atoms with van der Waals surface area (Å²) in [7, 11) is 1.70. The third-order valence-electron chi connectivity index (χ3n) is 6.62. The molecule has 6 heteroatoms. The van der Waals surface area contributed by atoms with Crippen LogP contribution in [0.3, 0.4) is 0 Å². The lowest BCUT2D eigenvalue weighted by Gasteiger charge is -2.32. The highest BCUT2D eigenvalue weighted by molar-refractivity contribution is 5.85. The molecule has 2 heterocycles. The summed E-state index contributed by atoms with van der Waals surface area (Å²) in [5, 5.41) is 0. The van der Waals surface area contributed by atoms with Gasteiger partial charge in [0.15, 0.2) is 0 Å². The predicted octanol–water partition coefficient (Wildman–Crippen LogP) is 5.99. The topological polar surface area (TPSA) is 24.9 Å². The monoisotopic (exact) mass is 468 g/mol. The lowest BCUT2D eigenvalue weighted by Crippen LogP contribution is -2.39. The minimum atomic E-state index is -0.267. The molecule has 1 atom stereocenters. The van der Waals surface area contributed by atoms with Crippen LogP contribution in [0.2, 0.25) is 0 Å². The molecule has 0 aromatic heterocycles. The number of rotatable bonds is 6. The van der Waals surface area contributed by atoms with E-state index >= 15 is 0 Å². The molecule has 0 amide bonds. The SMILES string of the molecule is COc1ccc(CCN2CCC[C@@H]2CN2c3ccccc3COc3cc(F)ccc32)cc1.Cl. The van der Waals surface area contributed by atoms with E-state index in [1.54, 1.807) is 7.11 Å². The second kappa shape index (κ2) is 10.4. The summed E-state index contributed by atoms with van der Waals surface area (Å²) in [5.74, 6) is 1.24. The summed E-state index contributed by atoms with van der Waals surface area (Å²) >= 11 is 0. The molecule has 0 spiro atoms. The number of benzene rings is 3. The number of fused-ring (bicyclic) bond motifs is 2. The number of hydrogen-bond donors (Lipinski definition) is 0.